The van der Waals surface area contributed by atoms with Crippen molar-refractivity contribution < 1.29 is 24.2 Å². The van der Waals surface area contributed by atoms with Gasteiger partial charge in [-0.2, -0.15) is 0 Å². The van der Waals surface area contributed by atoms with E-state index in [4.69, 9.17) is 9.84 Å². The van der Waals surface area contributed by atoms with E-state index in [0.29, 0.717) is 12.0 Å². The number of amides is 1. The molecule has 0 aliphatic rings. The minimum Gasteiger partial charge on any atom is -0.480 e. The number of carbonyl (C=O) groups is 3. The number of nitrogens with one attached hydrogen (secondary N) is 1. The standard InChI is InChI=1S/C13H17N3O5/c1-13(2,3)21-12(20)10-14-5-8(6-15-10)4-9(11(18)19)16-7-17/h5-7,9H,4H2,1-3H3,(H,16,17)(H,18,19). The number of rotatable bonds is 6. The summed E-state index contributed by atoms with van der Waals surface area (Å²) in [5, 5.41) is 11.1. The molecule has 8 nitrogen and oxygen atoms in total. The van der Waals surface area contributed by atoms with E-state index in [-0.39, 0.29) is 12.2 Å². The van der Waals surface area contributed by atoms with Crippen molar-refractivity contribution in [2.75, 3.05) is 0 Å². The molecule has 0 spiro atoms. The summed E-state index contributed by atoms with van der Waals surface area (Å²) in [5.74, 6) is -1.93. The van der Waals surface area contributed by atoms with Crippen molar-refractivity contribution in [2.24, 2.45) is 0 Å². The molecule has 21 heavy (non-hydrogen) atoms. The van der Waals surface area contributed by atoms with Gasteiger partial charge >= 0.3 is 11.9 Å². The quantitative estimate of drug-likeness (QED) is 0.567. The molecule has 0 aromatic carbocycles. The second-order valence-electron chi connectivity index (χ2n) is 5.30. The number of nitrogens with zero attached hydrogens (tertiary/aromatic N) is 2. The smallest absolute Gasteiger partial charge is 0.376 e. The van der Waals surface area contributed by atoms with Crippen LogP contribution in [0.5, 0.6) is 0 Å². The molecule has 1 rings (SSSR count). The molecule has 114 valence electrons. The SMILES string of the molecule is CC(C)(C)OC(=O)c1ncc(CC(NC=O)C(=O)O)cn1. The normalized spacial score (nSPS) is 12.3. The molecule has 0 bridgehead atoms. The highest BCUT2D eigenvalue weighted by molar-refractivity contribution is 5.85. The van der Waals surface area contributed by atoms with E-state index in [2.05, 4.69) is 15.3 Å². The van der Waals surface area contributed by atoms with E-state index in [1.807, 2.05) is 0 Å². The van der Waals surface area contributed by atoms with Crippen molar-refractivity contribution in [3.8, 4) is 0 Å². The first-order valence-electron chi connectivity index (χ1n) is 6.19. The second-order valence-corrected chi connectivity index (χ2v) is 5.30. The molecular weight excluding hydrogens is 278 g/mol. The summed E-state index contributed by atoms with van der Waals surface area (Å²) in [6.07, 6.45) is 2.99. The van der Waals surface area contributed by atoms with Crippen LogP contribution in [0.15, 0.2) is 12.4 Å². The number of esters is 1. The second kappa shape index (κ2) is 6.78. The van der Waals surface area contributed by atoms with E-state index >= 15 is 0 Å². The van der Waals surface area contributed by atoms with Crippen LogP contribution in [0.4, 0.5) is 0 Å². The number of aromatic nitrogens is 2. The van der Waals surface area contributed by atoms with Crippen LogP contribution >= 0.6 is 0 Å². The van der Waals surface area contributed by atoms with E-state index in [9.17, 15) is 14.4 Å². The molecule has 1 aromatic heterocycles. The zero-order chi connectivity index (χ0) is 16.0. The Morgan fingerprint density at radius 1 is 1.38 bits per heavy atom. The molecule has 0 radical (unpaired) electrons. The van der Waals surface area contributed by atoms with Crippen molar-refractivity contribution in [3.05, 3.63) is 23.8 Å². The van der Waals surface area contributed by atoms with Gasteiger partial charge in [-0.25, -0.2) is 19.6 Å². The summed E-state index contributed by atoms with van der Waals surface area (Å²) < 4.78 is 5.10. The Labute approximate surface area is 121 Å². The molecular formula is C13H17N3O5. The van der Waals surface area contributed by atoms with Gasteiger partial charge in [0.2, 0.25) is 12.2 Å². The molecule has 1 aromatic rings. The van der Waals surface area contributed by atoms with Gasteiger partial charge in [0.05, 0.1) is 0 Å². The van der Waals surface area contributed by atoms with E-state index in [1.54, 1.807) is 20.8 Å². The lowest BCUT2D eigenvalue weighted by molar-refractivity contribution is -0.140. The molecule has 1 amide bonds. The zero-order valence-corrected chi connectivity index (χ0v) is 12.0. The number of ether oxygens (including phenoxy) is 1. The third-order valence-electron chi connectivity index (χ3n) is 2.29. The lowest BCUT2D eigenvalue weighted by atomic mass is 10.1. The predicted molar refractivity (Wildman–Crippen MR) is 71.5 cm³/mol. The molecule has 0 saturated heterocycles. The maximum Gasteiger partial charge on any atom is 0.376 e. The zero-order valence-electron chi connectivity index (χ0n) is 12.0. The molecule has 1 heterocycles. The summed E-state index contributed by atoms with van der Waals surface area (Å²) in [6, 6.07) is -1.07. The van der Waals surface area contributed by atoms with Gasteiger partial charge in [0.1, 0.15) is 11.6 Å². The van der Waals surface area contributed by atoms with Crippen molar-refractivity contribution in [2.45, 2.75) is 38.8 Å². The monoisotopic (exact) mass is 295 g/mol. The summed E-state index contributed by atoms with van der Waals surface area (Å²) in [4.78, 5) is 40.6. The van der Waals surface area contributed by atoms with Crippen LogP contribution in [-0.2, 0) is 20.7 Å². The third kappa shape index (κ3) is 5.55. The number of hydrogen-bond donors (Lipinski definition) is 2. The summed E-state index contributed by atoms with van der Waals surface area (Å²) in [5.41, 5.74) is -0.175. The highest BCUT2D eigenvalue weighted by Crippen LogP contribution is 2.10. The average Bonchev–Trinajstić information content (AvgIpc) is 2.36. The molecule has 2 N–H and O–H groups in total. The molecule has 0 fully saturated rings. The number of carboxylic acids is 1. The first-order chi connectivity index (χ1) is 9.73. The third-order valence-corrected chi connectivity index (χ3v) is 2.29. The maximum absolute atomic E-state index is 11.7. The van der Waals surface area contributed by atoms with Crippen LogP contribution < -0.4 is 5.32 Å². The largest absolute Gasteiger partial charge is 0.480 e. The summed E-state index contributed by atoms with van der Waals surface area (Å²) in [6.45, 7) is 5.17. The Morgan fingerprint density at radius 3 is 2.38 bits per heavy atom. The van der Waals surface area contributed by atoms with E-state index < -0.39 is 23.6 Å². The highest BCUT2D eigenvalue weighted by Gasteiger charge is 2.21. The fourth-order valence-electron chi connectivity index (χ4n) is 1.42. The van der Waals surface area contributed by atoms with Gasteiger partial charge < -0.3 is 15.2 Å². The van der Waals surface area contributed by atoms with Crippen molar-refractivity contribution in [1.82, 2.24) is 15.3 Å². The van der Waals surface area contributed by atoms with E-state index in [0.717, 1.165) is 0 Å². The van der Waals surface area contributed by atoms with Gasteiger partial charge in [-0.3, -0.25) is 4.79 Å². The Bertz CT molecular complexity index is 522. The fourth-order valence-corrected chi connectivity index (χ4v) is 1.42. The van der Waals surface area contributed by atoms with E-state index in [1.165, 1.54) is 12.4 Å². The van der Waals surface area contributed by atoms with Crippen molar-refractivity contribution >= 4 is 18.3 Å². The average molecular weight is 295 g/mol. The lowest BCUT2D eigenvalue weighted by Crippen LogP contribution is -2.37. The van der Waals surface area contributed by atoms with Gasteiger partial charge in [-0.15, -0.1) is 0 Å². The number of aliphatic carboxylic acids is 1. The molecule has 1 atom stereocenters. The van der Waals surface area contributed by atoms with Crippen LogP contribution in [0.25, 0.3) is 0 Å². The topological polar surface area (TPSA) is 118 Å². The Kier molecular flexibility index (Phi) is 5.34. The minimum atomic E-state index is -1.17. The molecule has 1 unspecified atom stereocenters. The first kappa shape index (κ1) is 16.5. The maximum atomic E-state index is 11.7. The van der Waals surface area contributed by atoms with Gasteiger partial charge in [0, 0.05) is 18.8 Å². The predicted octanol–water partition coefficient (Wildman–Crippen LogP) is 0.174. The number of hydrogen-bond acceptors (Lipinski definition) is 6. The Morgan fingerprint density at radius 2 is 1.95 bits per heavy atom. The van der Waals surface area contributed by atoms with Crippen LogP contribution in [0.2, 0.25) is 0 Å². The number of carbonyl (C=O) groups excluding carboxylic acids is 2. The number of carboxylic acid groups (broad SMARTS) is 1. The summed E-state index contributed by atoms with van der Waals surface area (Å²) in [7, 11) is 0. The first-order valence-corrected chi connectivity index (χ1v) is 6.19. The molecule has 0 saturated carbocycles. The highest BCUT2D eigenvalue weighted by atomic mass is 16.6. The lowest BCUT2D eigenvalue weighted by Gasteiger charge is -2.18. The summed E-state index contributed by atoms with van der Waals surface area (Å²) >= 11 is 0. The molecule has 8 heteroatoms. The van der Waals surface area contributed by atoms with Crippen molar-refractivity contribution in [3.63, 3.8) is 0 Å². The van der Waals surface area contributed by atoms with Crippen LogP contribution in [0.1, 0.15) is 37.0 Å². The van der Waals surface area contributed by atoms with Gasteiger partial charge in [-0.1, -0.05) is 0 Å². The van der Waals surface area contributed by atoms with Crippen molar-refractivity contribution in [1.29, 1.82) is 0 Å². The Hall–Kier alpha value is -2.51. The minimum absolute atomic E-state index is 0.0165. The van der Waals surface area contributed by atoms with Gasteiger partial charge in [0.15, 0.2) is 0 Å². The van der Waals surface area contributed by atoms with Crippen LogP contribution in [0, 0.1) is 0 Å². The van der Waals surface area contributed by atoms with Crippen LogP contribution in [-0.4, -0.2) is 45.1 Å². The molecule has 0 aliphatic heterocycles. The van der Waals surface area contributed by atoms with Gasteiger partial charge in [0.25, 0.3) is 0 Å². The van der Waals surface area contributed by atoms with Gasteiger partial charge in [-0.05, 0) is 26.3 Å². The van der Waals surface area contributed by atoms with Crippen LogP contribution in [0.3, 0.4) is 0 Å². The molecule has 0 aliphatic carbocycles. The fraction of sp³-hybridized carbons (Fsp3) is 0.462. The Balaban J connectivity index is 2.75.